The Balaban J connectivity index is 1.55. The molecule has 1 aliphatic heterocycles. The minimum Gasteiger partial charge on any atom is -0.342 e. The lowest BCUT2D eigenvalue weighted by Gasteiger charge is -2.35. The van der Waals surface area contributed by atoms with Gasteiger partial charge in [-0.15, -0.1) is 0 Å². The molecule has 0 spiro atoms. The Hall–Kier alpha value is -2.67. The summed E-state index contributed by atoms with van der Waals surface area (Å²) >= 11 is 0. The molecule has 0 bridgehead atoms. The van der Waals surface area contributed by atoms with Gasteiger partial charge < -0.3 is 9.80 Å². The van der Waals surface area contributed by atoms with E-state index in [0.717, 1.165) is 24.3 Å². The molecule has 150 valence electrons. The number of carbonyl (C=O) groups is 2. The van der Waals surface area contributed by atoms with Crippen LogP contribution in [0, 0.1) is 6.92 Å². The van der Waals surface area contributed by atoms with Gasteiger partial charge in [0.2, 0.25) is 5.91 Å². The van der Waals surface area contributed by atoms with Crippen LogP contribution in [-0.4, -0.2) is 82.5 Å². The van der Waals surface area contributed by atoms with Crippen LogP contribution in [0.3, 0.4) is 0 Å². The maximum atomic E-state index is 12.8. The summed E-state index contributed by atoms with van der Waals surface area (Å²) in [4.78, 5) is 30.8. The molecule has 1 aromatic carbocycles. The number of rotatable bonds is 6. The van der Waals surface area contributed by atoms with Crippen molar-refractivity contribution < 1.29 is 9.59 Å². The molecule has 1 fully saturated rings. The smallest absolute Gasteiger partial charge is 0.271 e. The van der Waals surface area contributed by atoms with Crippen LogP contribution in [-0.2, 0) is 4.79 Å². The lowest BCUT2D eigenvalue weighted by molar-refractivity contribution is -0.132. The van der Waals surface area contributed by atoms with Crippen molar-refractivity contribution in [2.24, 2.45) is 0 Å². The number of nitrogens with one attached hydrogen (secondary N) is 1. The number of benzene rings is 1. The zero-order valence-corrected chi connectivity index (χ0v) is 16.9. The highest BCUT2D eigenvalue weighted by atomic mass is 16.2. The van der Waals surface area contributed by atoms with Crippen LogP contribution in [0.4, 0.5) is 0 Å². The molecule has 2 amide bonds. The summed E-state index contributed by atoms with van der Waals surface area (Å²) in [6.07, 6.45) is 0. The molecule has 7 nitrogen and oxygen atoms in total. The summed E-state index contributed by atoms with van der Waals surface area (Å²) in [7, 11) is 0. The monoisotopic (exact) mass is 383 g/mol. The van der Waals surface area contributed by atoms with E-state index in [9.17, 15) is 9.59 Å². The summed E-state index contributed by atoms with van der Waals surface area (Å²) in [6.45, 7) is 10.6. The average molecular weight is 383 g/mol. The van der Waals surface area contributed by atoms with Gasteiger partial charge >= 0.3 is 0 Å². The number of aromatic amines is 1. The van der Waals surface area contributed by atoms with Gasteiger partial charge in [0.1, 0.15) is 5.69 Å². The van der Waals surface area contributed by atoms with Gasteiger partial charge in [0.25, 0.3) is 5.91 Å². The van der Waals surface area contributed by atoms with Crippen LogP contribution in [0.5, 0.6) is 0 Å². The lowest BCUT2D eigenvalue weighted by Crippen LogP contribution is -2.51. The lowest BCUT2D eigenvalue weighted by atomic mass is 10.1. The molecule has 0 radical (unpaired) electrons. The second-order valence-electron chi connectivity index (χ2n) is 7.17. The number of H-pyrrole nitrogens is 1. The number of piperazine rings is 1. The first-order valence-corrected chi connectivity index (χ1v) is 9.93. The predicted molar refractivity (Wildman–Crippen MR) is 109 cm³/mol. The number of amides is 2. The summed E-state index contributed by atoms with van der Waals surface area (Å²) in [6, 6.07) is 9.88. The minimum absolute atomic E-state index is 0.0411. The fourth-order valence-electron chi connectivity index (χ4n) is 3.45. The number of likely N-dealkylation sites (N-methyl/N-ethyl adjacent to an activating group) is 1. The van der Waals surface area contributed by atoms with E-state index in [1.165, 1.54) is 5.56 Å². The fraction of sp³-hybridized carbons (Fsp3) is 0.476. The van der Waals surface area contributed by atoms with E-state index in [1.54, 1.807) is 0 Å². The maximum absolute atomic E-state index is 12.8. The number of hydrogen-bond donors (Lipinski definition) is 1. The third-order valence-corrected chi connectivity index (χ3v) is 5.29. The van der Waals surface area contributed by atoms with E-state index in [4.69, 9.17) is 0 Å². The summed E-state index contributed by atoms with van der Waals surface area (Å²) in [5.41, 5.74) is 3.45. The summed E-state index contributed by atoms with van der Waals surface area (Å²) < 4.78 is 0. The summed E-state index contributed by atoms with van der Waals surface area (Å²) in [5, 5.41) is 7.17. The third kappa shape index (κ3) is 4.59. The maximum Gasteiger partial charge on any atom is 0.271 e. The van der Waals surface area contributed by atoms with Crippen molar-refractivity contribution >= 4 is 11.8 Å². The van der Waals surface area contributed by atoms with Crippen molar-refractivity contribution in [2.45, 2.75) is 20.8 Å². The van der Waals surface area contributed by atoms with E-state index in [1.807, 2.05) is 60.9 Å². The number of hydrogen-bond acceptors (Lipinski definition) is 4. The first kappa shape index (κ1) is 20.1. The number of carbonyl (C=O) groups excluding carboxylic acids is 2. The van der Waals surface area contributed by atoms with Crippen LogP contribution in [0.25, 0.3) is 11.3 Å². The highest BCUT2D eigenvalue weighted by Crippen LogP contribution is 2.19. The molecule has 0 unspecified atom stereocenters. The molecule has 3 rings (SSSR count). The van der Waals surface area contributed by atoms with Crippen LogP contribution >= 0.6 is 0 Å². The molecule has 2 aromatic rings. The molecule has 1 saturated heterocycles. The van der Waals surface area contributed by atoms with E-state index >= 15 is 0 Å². The molecule has 1 N–H and O–H groups in total. The largest absolute Gasteiger partial charge is 0.342 e. The quantitative estimate of drug-likeness (QED) is 0.828. The van der Waals surface area contributed by atoms with Crippen molar-refractivity contribution in [3.05, 3.63) is 41.6 Å². The molecular formula is C21H29N5O2. The van der Waals surface area contributed by atoms with Gasteiger partial charge in [-0.05, 0) is 26.8 Å². The number of aryl methyl sites for hydroxylation is 1. The predicted octanol–water partition coefficient (Wildman–Crippen LogP) is 2.01. The molecule has 1 aromatic heterocycles. The Morgan fingerprint density at radius 2 is 1.71 bits per heavy atom. The van der Waals surface area contributed by atoms with Crippen molar-refractivity contribution in [1.29, 1.82) is 0 Å². The Morgan fingerprint density at radius 1 is 1.07 bits per heavy atom. The van der Waals surface area contributed by atoms with E-state index in [0.29, 0.717) is 38.4 Å². The molecule has 7 heteroatoms. The first-order valence-electron chi connectivity index (χ1n) is 9.93. The van der Waals surface area contributed by atoms with Crippen LogP contribution in [0.15, 0.2) is 30.3 Å². The Bertz CT molecular complexity index is 802. The Labute approximate surface area is 166 Å². The van der Waals surface area contributed by atoms with Crippen molar-refractivity contribution in [3.63, 3.8) is 0 Å². The van der Waals surface area contributed by atoms with Crippen molar-refractivity contribution in [2.75, 3.05) is 45.8 Å². The van der Waals surface area contributed by atoms with Crippen molar-refractivity contribution in [1.82, 2.24) is 24.9 Å². The van der Waals surface area contributed by atoms with Gasteiger partial charge in [0.05, 0.1) is 12.2 Å². The number of aromatic nitrogens is 2. The third-order valence-electron chi connectivity index (χ3n) is 5.29. The molecule has 0 aliphatic carbocycles. The number of nitrogens with zero attached hydrogens (tertiary/aromatic N) is 4. The van der Waals surface area contributed by atoms with E-state index < -0.39 is 0 Å². The van der Waals surface area contributed by atoms with E-state index in [2.05, 4.69) is 15.1 Å². The highest BCUT2D eigenvalue weighted by Gasteiger charge is 2.25. The van der Waals surface area contributed by atoms with Gasteiger partial charge in [-0.3, -0.25) is 19.6 Å². The van der Waals surface area contributed by atoms with Gasteiger partial charge in [0.15, 0.2) is 0 Å². The van der Waals surface area contributed by atoms with Crippen LogP contribution in [0.2, 0.25) is 0 Å². The first-order chi connectivity index (χ1) is 13.5. The molecule has 0 atom stereocenters. The highest BCUT2D eigenvalue weighted by molar-refractivity contribution is 5.93. The van der Waals surface area contributed by atoms with Gasteiger partial charge in [-0.1, -0.05) is 29.8 Å². The van der Waals surface area contributed by atoms with Crippen LogP contribution < -0.4 is 0 Å². The second kappa shape index (κ2) is 9.01. The minimum atomic E-state index is -0.0411. The topological polar surface area (TPSA) is 72.5 Å². The molecule has 0 saturated carbocycles. The van der Waals surface area contributed by atoms with Gasteiger partial charge in [-0.25, -0.2) is 0 Å². The molecule has 28 heavy (non-hydrogen) atoms. The Kier molecular flexibility index (Phi) is 6.46. The standard InChI is InChI=1S/C21H29N5O2/c1-4-25(5-2)20(27)15-24-10-12-26(13-11-24)21(28)19-14-18(22-23-19)17-8-6-16(3)7-9-17/h6-9,14H,4-5,10-13,15H2,1-3H3,(H,22,23). The summed E-state index contributed by atoms with van der Waals surface area (Å²) in [5.74, 6) is 0.113. The molecule has 2 heterocycles. The Morgan fingerprint density at radius 3 is 2.32 bits per heavy atom. The van der Waals surface area contributed by atoms with Gasteiger partial charge in [0, 0.05) is 44.8 Å². The zero-order valence-electron chi connectivity index (χ0n) is 16.9. The van der Waals surface area contributed by atoms with E-state index in [-0.39, 0.29) is 11.8 Å². The fourth-order valence-corrected chi connectivity index (χ4v) is 3.45. The normalized spacial score (nSPS) is 14.9. The van der Waals surface area contributed by atoms with Crippen LogP contribution in [0.1, 0.15) is 29.9 Å². The van der Waals surface area contributed by atoms with Crippen molar-refractivity contribution in [3.8, 4) is 11.3 Å². The second-order valence-corrected chi connectivity index (χ2v) is 7.17. The molecular weight excluding hydrogens is 354 g/mol. The SMILES string of the molecule is CCN(CC)C(=O)CN1CCN(C(=O)c2cc(-c3ccc(C)cc3)n[nH]2)CC1. The molecule has 1 aliphatic rings. The zero-order chi connectivity index (χ0) is 20.1. The average Bonchev–Trinajstić information content (AvgIpc) is 3.20. The van der Waals surface area contributed by atoms with Gasteiger partial charge in [-0.2, -0.15) is 5.10 Å².